The van der Waals surface area contributed by atoms with Crippen LogP contribution in [0.15, 0.2) is 36.9 Å². The lowest BCUT2D eigenvalue weighted by atomic mass is 10.2. The predicted octanol–water partition coefficient (Wildman–Crippen LogP) is 1.23. The van der Waals surface area contributed by atoms with Crippen molar-refractivity contribution in [2.45, 2.75) is 12.8 Å². The van der Waals surface area contributed by atoms with Gasteiger partial charge in [0.15, 0.2) is 0 Å². The zero-order valence-corrected chi connectivity index (χ0v) is 7.49. The van der Waals surface area contributed by atoms with Gasteiger partial charge in [0.25, 0.3) is 5.91 Å². The molecule has 0 saturated heterocycles. The van der Waals surface area contributed by atoms with Crippen LogP contribution >= 0.6 is 0 Å². The van der Waals surface area contributed by atoms with E-state index in [2.05, 4.69) is 11.9 Å². The Morgan fingerprint density at radius 3 is 2.54 bits per heavy atom. The van der Waals surface area contributed by atoms with E-state index in [1.54, 1.807) is 6.07 Å². The maximum absolute atomic E-state index is 9.23. The molecule has 0 aliphatic carbocycles. The predicted molar refractivity (Wildman–Crippen MR) is 52.2 cm³/mol. The van der Waals surface area contributed by atoms with E-state index in [1.807, 2.05) is 25.1 Å². The molecule has 1 aromatic carbocycles. The quantitative estimate of drug-likeness (QED) is 0.483. The summed E-state index contributed by atoms with van der Waals surface area (Å²) in [6.45, 7) is 5.17. The van der Waals surface area contributed by atoms with Crippen molar-refractivity contribution >= 4 is 5.69 Å². The Hall–Kier alpha value is -1.32. The molecule has 0 aliphatic rings. The first-order chi connectivity index (χ1) is 6.05. The van der Waals surface area contributed by atoms with E-state index < -0.39 is 5.91 Å². The van der Waals surface area contributed by atoms with E-state index in [-0.39, 0.29) is 0 Å². The first kappa shape index (κ1) is 9.77. The van der Waals surface area contributed by atoms with Crippen molar-refractivity contribution in [1.82, 2.24) is 0 Å². The maximum atomic E-state index is 9.23. The van der Waals surface area contributed by atoms with Gasteiger partial charge in [0.2, 0.25) is 0 Å². The molecule has 0 unspecified atom stereocenters. The summed E-state index contributed by atoms with van der Waals surface area (Å²) in [5.41, 5.74) is 1.62. The number of nitrogens with one attached hydrogen (secondary N) is 1. The van der Waals surface area contributed by atoms with E-state index in [0.717, 1.165) is 11.6 Å². The lowest BCUT2D eigenvalue weighted by molar-refractivity contribution is -0.0916. The Kier molecular flexibility index (Phi) is 2.70. The van der Waals surface area contributed by atoms with E-state index in [4.69, 9.17) is 0 Å². The van der Waals surface area contributed by atoms with Crippen LogP contribution in [0.2, 0.25) is 0 Å². The second-order valence-corrected chi connectivity index (χ2v) is 2.87. The minimum Gasteiger partial charge on any atom is -0.346 e. The molecule has 0 saturated carbocycles. The largest absolute Gasteiger partial charge is 0.346 e. The number of aryl methyl sites for hydroxylation is 1. The van der Waals surface area contributed by atoms with Gasteiger partial charge in [0.1, 0.15) is 0 Å². The Balaban J connectivity index is 2.86. The van der Waals surface area contributed by atoms with Crippen molar-refractivity contribution in [3.8, 4) is 0 Å². The molecule has 0 radical (unpaired) electrons. The SMILES string of the molecule is C=CC(O)(O)Nc1ccccc1C. The summed E-state index contributed by atoms with van der Waals surface area (Å²) in [6, 6.07) is 7.33. The second kappa shape index (κ2) is 3.60. The third-order valence-electron chi connectivity index (χ3n) is 1.75. The summed E-state index contributed by atoms with van der Waals surface area (Å²) >= 11 is 0. The molecule has 0 bridgehead atoms. The van der Waals surface area contributed by atoms with Gasteiger partial charge in [0, 0.05) is 5.69 Å². The van der Waals surface area contributed by atoms with Crippen LogP contribution in [0.5, 0.6) is 0 Å². The van der Waals surface area contributed by atoms with E-state index >= 15 is 0 Å². The molecule has 0 atom stereocenters. The molecule has 3 heteroatoms. The summed E-state index contributed by atoms with van der Waals surface area (Å²) in [7, 11) is 0. The fourth-order valence-corrected chi connectivity index (χ4v) is 0.962. The minimum atomic E-state index is -2.05. The summed E-state index contributed by atoms with van der Waals surface area (Å²) in [5, 5.41) is 21.0. The molecule has 0 fully saturated rings. The maximum Gasteiger partial charge on any atom is 0.265 e. The number of para-hydroxylation sites is 1. The summed E-state index contributed by atoms with van der Waals surface area (Å²) < 4.78 is 0. The van der Waals surface area contributed by atoms with Crippen LogP contribution in [0, 0.1) is 6.92 Å². The molecule has 3 nitrogen and oxygen atoms in total. The number of anilines is 1. The van der Waals surface area contributed by atoms with Gasteiger partial charge in [-0.25, -0.2) is 0 Å². The molecule has 0 spiro atoms. The summed E-state index contributed by atoms with van der Waals surface area (Å²) in [6.07, 6.45) is 1.03. The molecular weight excluding hydrogens is 166 g/mol. The number of benzene rings is 1. The third kappa shape index (κ3) is 2.57. The van der Waals surface area contributed by atoms with Crippen LogP contribution in [0.1, 0.15) is 5.56 Å². The summed E-state index contributed by atoms with van der Waals surface area (Å²) in [4.78, 5) is 0. The van der Waals surface area contributed by atoms with E-state index in [9.17, 15) is 10.2 Å². The molecule has 0 aromatic heterocycles. The zero-order chi connectivity index (χ0) is 9.90. The van der Waals surface area contributed by atoms with E-state index in [1.165, 1.54) is 0 Å². The number of rotatable bonds is 3. The average molecular weight is 179 g/mol. The zero-order valence-electron chi connectivity index (χ0n) is 7.49. The normalized spacial score (nSPS) is 11.0. The van der Waals surface area contributed by atoms with Gasteiger partial charge in [0.05, 0.1) is 0 Å². The van der Waals surface area contributed by atoms with Gasteiger partial charge in [-0.05, 0) is 24.6 Å². The molecule has 0 amide bonds. The van der Waals surface area contributed by atoms with Crippen molar-refractivity contribution in [2.24, 2.45) is 0 Å². The third-order valence-corrected chi connectivity index (χ3v) is 1.75. The Morgan fingerprint density at radius 2 is 2.00 bits per heavy atom. The highest BCUT2D eigenvalue weighted by molar-refractivity contribution is 5.51. The Morgan fingerprint density at radius 1 is 1.38 bits per heavy atom. The molecule has 0 heterocycles. The highest BCUT2D eigenvalue weighted by Gasteiger charge is 2.17. The van der Waals surface area contributed by atoms with Crippen LogP contribution in [0.3, 0.4) is 0 Å². The molecule has 1 aromatic rings. The number of aliphatic hydroxyl groups is 2. The van der Waals surface area contributed by atoms with Gasteiger partial charge in [-0.2, -0.15) is 0 Å². The molecular formula is C10H13NO2. The van der Waals surface area contributed by atoms with Gasteiger partial charge >= 0.3 is 0 Å². The molecule has 0 aliphatic heterocycles. The van der Waals surface area contributed by atoms with Crippen LogP contribution in [-0.2, 0) is 0 Å². The molecule has 3 N–H and O–H groups in total. The topological polar surface area (TPSA) is 52.5 Å². The summed E-state index contributed by atoms with van der Waals surface area (Å²) in [5.74, 6) is -2.05. The van der Waals surface area contributed by atoms with Crippen LogP contribution in [-0.4, -0.2) is 16.1 Å². The van der Waals surface area contributed by atoms with Crippen molar-refractivity contribution < 1.29 is 10.2 Å². The first-order valence-electron chi connectivity index (χ1n) is 3.97. The second-order valence-electron chi connectivity index (χ2n) is 2.87. The average Bonchev–Trinajstić information content (AvgIpc) is 2.09. The Bertz CT molecular complexity index is 308. The smallest absolute Gasteiger partial charge is 0.265 e. The lowest BCUT2D eigenvalue weighted by Crippen LogP contribution is -2.35. The standard InChI is InChI=1S/C10H13NO2/c1-3-10(12,13)11-9-7-5-4-6-8(9)2/h3-7,11-13H,1H2,2H3. The van der Waals surface area contributed by atoms with Gasteiger partial charge < -0.3 is 15.5 Å². The van der Waals surface area contributed by atoms with Crippen LogP contribution in [0.4, 0.5) is 5.69 Å². The molecule has 70 valence electrons. The van der Waals surface area contributed by atoms with Crippen molar-refractivity contribution in [3.63, 3.8) is 0 Å². The van der Waals surface area contributed by atoms with Gasteiger partial charge in [-0.3, -0.25) is 0 Å². The van der Waals surface area contributed by atoms with Gasteiger partial charge in [-0.1, -0.05) is 24.8 Å². The van der Waals surface area contributed by atoms with Crippen molar-refractivity contribution in [3.05, 3.63) is 42.5 Å². The monoisotopic (exact) mass is 179 g/mol. The van der Waals surface area contributed by atoms with Crippen molar-refractivity contribution in [2.75, 3.05) is 5.32 Å². The highest BCUT2D eigenvalue weighted by atomic mass is 16.5. The fraction of sp³-hybridized carbons (Fsp3) is 0.200. The minimum absolute atomic E-state index is 0.674. The van der Waals surface area contributed by atoms with Crippen molar-refractivity contribution in [1.29, 1.82) is 0 Å². The van der Waals surface area contributed by atoms with Gasteiger partial charge in [-0.15, -0.1) is 0 Å². The fourth-order valence-electron chi connectivity index (χ4n) is 0.962. The van der Waals surface area contributed by atoms with Crippen LogP contribution in [0.25, 0.3) is 0 Å². The number of hydrogen-bond donors (Lipinski definition) is 3. The molecule has 1 rings (SSSR count). The van der Waals surface area contributed by atoms with E-state index in [0.29, 0.717) is 5.69 Å². The first-order valence-corrected chi connectivity index (χ1v) is 3.97. The Labute approximate surface area is 77.3 Å². The number of hydrogen-bond acceptors (Lipinski definition) is 3. The highest BCUT2D eigenvalue weighted by Crippen LogP contribution is 2.16. The lowest BCUT2D eigenvalue weighted by Gasteiger charge is -2.20. The molecule has 13 heavy (non-hydrogen) atoms. The van der Waals surface area contributed by atoms with Crippen LogP contribution < -0.4 is 5.32 Å².